The van der Waals surface area contributed by atoms with Crippen LogP contribution in [-0.4, -0.2) is 41.3 Å². The van der Waals surface area contributed by atoms with Gasteiger partial charge >= 0.3 is 11.7 Å². The summed E-state index contributed by atoms with van der Waals surface area (Å²) in [5, 5.41) is 14.2. The maximum atomic E-state index is 11.8. The fraction of sp³-hybridized carbons (Fsp3) is 0.700. The van der Waals surface area contributed by atoms with Crippen LogP contribution in [0.2, 0.25) is 0 Å². The smallest absolute Gasteiger partial charge is 0.413 e. The van der Waals surface area contributed by atoms with Crippen molar-refractivity contribution in [1.29, 1.82) is 0 Å². The topological polar surface area (TPSA) is 81.5 Å². The Labute approximate surface area is 114 Å². The second kappa shape index (κ2) is 7.52. The summed E-state index contributed by atoms with van der Waals surface area (Å²) in [4.78, 5) is 22.1. The largest absolute Gasteiger partial charge is 0.454 e. The number of nitrogens with zero attached hydrogens (tertiary/aromatic N) is 1. The van der Waals surface area contributed by atoms with Gasteiger partial charge in [-0.15, -0.1) is 11.8 Å². The lowest BCUT2D eigenvalue weighted by atomic mass is 10.4. The predicted octanol–water partition coefficient (Wildman–Crippen LogP) is 1.45. The van der Waals surface area contributed by atoms with Crippen LogP contribution in [0.15, 0.2) is 10.7 Å². The summed E-state index contributed by atoms with van der Waals surface area (Å²) in [5.41, 5.74) is -0.479. The van der Waals surface area contributed by atoms with Gasteiger partial charge in [-0.3, -0.25) is 10.1 Å². The second-order valence-electron chi connectivity index (χ2n) is 3.73. The molecule has 0 aromatic heterocycles. The van der Waals surface area contributed by atoms with Gasteiger partial charge in [0.05, 0.1) is 4.92 Å². The van der Waals surface area contributed by atoms with Gasteiger partial charge in [0.15, 0.2) is 5.03 Å². The summed E-state index contributed by atoms with van der Waals surface area (Å²) in [6.45, 7) is 2.37. The molecule has 1 unspecified atom stereocenters. The normalized spacial score (nSPS) is 19.7. The Kier molecular flexibility index (Phi) is 6.34. The first-order chi connectivity index (χ1) is 8.56. The van der Waals surface area contributed by atoms with Gasteiger partial charge in [-0.05, 0) is 19.6 Å². The van der Waals surface area contributed by atoms with Crippen LogP contribution < -0.4 is 5.32 Å². The number of hydrogen-bond acceptors (Lipinski definition) is 7. The number of hydrogen-bond donors (Lipinski definition) is 1. The van der Waals surface area contributed by atoms with Crippen LogP contribution in [-0.2, 0) is 9.53 Å². The van der Waals surface area contributed by atoms with Crippen LogP contribution in [0.25, 0.3) is 0 Å². The second-order valence-corrected chi connectivity index (χ2v) is 5.75. The molecule has 1 aliphatic heterocycles. The highest BCUT2D eigenvalue weighted by Gasteiger charge is 2.32. The summed E-state index contributed by atoms with van der Waals surface area (Å²) in [6.07, 6.45) is 2.48. The average Bonchev–Trinajstić information content (AvgIpc) is 2.30. The van der Waals surface area contributed by atoms with Crippen molar-refractivity contribution in [2.75, 3.05) is 24.3 Å². The minimum atomic E-state index is -0.863. The standard InChI is InChI=1S/C10H16N2O4S2/c1-7(6-17-2)16-10(13)8(12(14)15)9-11-4-3-5-18-9/h7,11H,3-6H2,1-2H3. The number of nitro groups is 1. The Morgan fingerprint density at radius 2 is 2.44 bits per heavy atom. The van der Waals surface area contributed by atoms with E-state index in [1.807, 2.05) is 6.26 Å². The van der Waals surface area contributed by atoms with E-state index >= 15 is 0 Å². The lowest BCUT2D eigenvalue weighted by molar-refractivity contribution is -0.422. The quantitative estimate of drug-likeness (QED) is 0.355. The number of rotatable bonds is 5. The minimum absolute atomic E-state index is 0.313. The molecule has 1 fully saturated rings. The third-order valence-corrected chi connectivity index (χ3v) is 4.08. The van der Waals surface area contributed by atoms with Gasteiger partial charge in [-0.2, -0.15) is 11.8 Å². The van der Waals surface area contributed by atoms with Gasteiger partial charge < -0.3 is 10.1 Å². The van der Waals surface area contributed by atoms with Crippen molar-refractivity contribution in [3.8, 4) is 0 Å². The zero-order chi connectivity index (χ0) is 13.5. The first-order valence-electron chi connectivity index (χ1n) is 5.51. The molecule has 1 atom stereocenters. The molecule has 6 nitrogen and oxygen atoms in total. The third kappa shape index (κ3) is 4.41. The van der Waals surface area contributed by atoms with E-state index in [1.54, 1.807) is 6.92 Å². The van der Waals surface area contributed by atoms with E-state index in [2.05, 4.69) is 5.32 Å². The van der Waals surface area contributed by atoms with Crippen LogP contribution >= 0.6 is 23.5 Å². The molecule has 0 aromatic carbocycles. The summed E-state index contributed by atoms with van der Waals surface area (Å²) in [7, 11) is 0. The van der Waals surface area contributed by atoms with Gasteiger partial charge in [-0.1, -0.05) is 0 Å². The zero-order valence-corrected chi connectivity index (χ0v) is 11.9. The predicted molar refractivity (Wildman–Crippen MR) is 73.0 cm³/mol. The molecule has 0 saturated carbocycles. The third-order valence-electron chi connectivity index (χ3n) is 2.15. The Morgan fingerprint density at radius 1 is 1.72 bits per heavy atom. The Hall–Kier alpha value is -0.890. The van der Waals surface area contributed by atoms with E-state index in [9.17, 15) is 14.9 Å². The molecule has 1 rings (SSSR count). The molecule has 0 spiro atoms. The molecule has 1 heterocycles. The van der Waals surface area contributed by atoms with E-state index in [4.69, 9.17) is 4.74 Å². The monoisotopic (exact) mass is 292 g/mol. The number of ether oxygens (including phenoxy) is 1. The number of carbonyl (C=O) groups excluding carboxylic acids is 1. The first kappa shape index (κ1) is 15.2. The van der Waals surface area contributed by atoms with E-state index in [-0.39, 0.29) is 6.10 Å². The summed E-state index contributed by atoms with van der Waals surface area (Å²) >= 11 is 2.81. The lowest BCUT2D eigenvalue weighted by Gasteiger charge is -2.16. The van der Waals surface area contributed by atoms with E-state index in [0.29, 0.717) is 17.3 Å². The van der Waals surface area contributed by atoms with Crippen LogP contribution in [0.5, 0.6) is 0 Å². The number of thioether (sulfide) groups is 2. The molecule has 0 aromatic rings. The van der Waals surface area contributed by atoms with Crippen LogP contribution in [0.1, 0.15) is 13.3 Å². The molecule has 1 aliphatic rings. The van der Waals surface area contributed by atoms with Crippen LogP contribution in [0.3, 0.4) is 0 Å². The SMILES string of the molecule is CSCC(C)OC(=O)C(=C1NCCCS1)[N+](=O)[O-]. The Bertz CT molecular complexity index is 352. The molecule has 0 aliphatic carbocycles. The summed E-state index contributed by atoms with van der Waals surface area (Å²) in [6, 6.07) is 0. The molecule has 102 valence electrons. The van der Waals surface area contributed by atoms with E-state index < -0.39 is 16.6 Å². The molecule has 0 bridgehead atoms. The molecule has 0 radical (unpaired) electrons. The van der Waals surface area contributed by atoms with Gasteiger partial charge in [0.1, 0.15) is 6.10 Å². The molecule has 18 heavy (non-hydrogen) atoms. The highest BCUT2D eigenvalue weighted by Crippen LogP contribution is 2.23. The average molecular weight is 292 g/mol. The van der Waals surface area contributed by atoms with Crippen molar-refractivity contribution in [3.63, 3.8) is 0 Å². The lowest BCUT2D eigenvalue weighted by Crippen LogP contribution is -2.28. The van der Waals surface area contributed by atoms with Crippen molar-refractivity contribution in [2.45, 2.75) is 19.4 Å². The van der Waals surface area contributed by atoms with E-state index in [0.717, 1.165) is 12.2 Å². The van der Waals surface area contributed by atoms with Crippen molar-refractivity contribution in [2.24, 2.45) is 0 Å². The van der Waals surface area contributed by atoms with Gasteiger partial charge in [0.25, 0.3) is 0 Å². The van der Waals surface area contributed by atoms with Crippen molar-refractivity contribution >= 4 is 29.5 Å². The Morgan fingerprint density at radius 3 is 2.94 bits per heavy atom. The molecule has 0 amide bonds. The number of esters is 1. The summed E-state index contributed by atoms with van der Waals surface area (Å²) in [5.74, 6) is 0.526. The number of nitrogens with one attached hydrogen (secondary N) is 1. The maximum Gasteiger partial charge on any atom is 0.413 e. The van der Waals surface area contributed by atoms with E-state index in [1.165, 1.54) is 23.5 Å². The highest BCUT2D eigenvalue weighted by atomic mass is 32.2. The molecular weight excluding hydrogens is 276 g/mol. The number of carbonyl (C=O) groups is 1. The van der Waals surface area contributed by atoms with Gasteiger partial charge in [0.2, 0.25) is 0 Å². The highest BCUT2D eigenvalue weighted by molar-refractivity contribution is 8.03. The fourth-order valence-electron chi connectivity index (χ4n) is 1.41. The zero-order valence-electron chi connectivity index (χ0n) is 10.3. The minimum Gasteiger partial charge on any atom is -0.454 e. The molecule has 1 saturated heterocycles. The first-order valence-corrected chi connectivity index (χ1v) is 7.89. The van der Waals surface area contributed by atoms with Crippen molar-refractivity contribution in [1.82, 2.24) is 5.32 Å². The molecular formula is C10H16N2O4S2. The molecule has 1 N–H and O–H groups in total. The van der Waals surface area contributed by atoms with Crippen molar-refractivity contribution < 1.29 is 14.5 Å². The fourth-order valence-corrected chi connectivity index (χ4v) is 2.94. The van der Waals surface area contributed by atoms with Gasteiger partial charge in [0, 0.05) is 18.1 Å². The summed E-state index contributed by atoms with van der Waals surface area (Å²) < 4.78 is 5.05. The Balaban J connectivity index is 2.78. The van der Waals surface area contributed by atoms with Crippen molar-refractivity contribution in [3.05, 3.63) is 20.8 Å². The molecule has 8 heteroatoms. The van der Waals surface area contributed by atoms with Crippen LogP contribution in [0, 0.1) is 10.1 Å². The maximum absolute atomic E-state index is 11.8. The van der Waals surface area contributed by atoms with Crippen LogP contribution in [0.4, 0.5) is 0 Å². The van der Waals surface area contributed by atoms with Gasteiger partial charge in [-0.25, -0.2) is 4.79 Å².